The summed E-state index contributed by atoms with van der Waals surface area (Å²) in [6.45, 7) is 4.01. The highest BCUT2D eigenvalue weighted by molar-refractivity contribution is 9.10. The van der Waals surface area contributed by atoms with E-state index in [-0.39, 0.29) is 5.92 Å². The molecule has 3 aromatic rings. The van der Waals surface area contributed by atoms with E-state index in [1.807, 2.05) is 13.8 Å². The number of anilines is 2. The van der Waals surface area contributed by atoms with Crippen molar-refractivity contribution in [1.82, 2.24) is 19.6 Å². The van der Waals surface area contributed by atoms with Gasteiger partial charge in [-0.25, -0.2) is 14.3 Å². The van der Waals surface area contributed by atoms with Crippen molar-refractivity contribution in [3.63, 3.8) is 0 Å². The summed E-state index contributed by atoms with van der Waals surface area (Å²) in [5.74, 6) is 0.106. The number of aromatic nitrogens is 4. The van der Waals surface area contributed by atoms with Crippen LogP contribution in [0.25, 0.3) is 5.65 Å². The zero-order chi connectivity index (χ0) is 17.3. The normalized spacial score (nSPS) is 11.0. The Morgan fingerprint density at radius 3 is 2.75 bits per heavy atom. The van der Waals surface area contributed by atoms with Crippen LogP contribution in [0.15, 0.2) is 35.2 Å². The molecule has 3 rings (SSSR count). The van der Waals surface area contributed by atoms with Crippen molar-refractivity contribution in [2.24, 2.45) is 0 Å². The summed E-state index contributed by atoms with van der Waals surface area (Å²) in [5, 5.41) is 10.1. The van der Waals surface area contributed by atoms with E-state index in [2.05, 4.69) is 41.6 Å². The quantitative estimate of drug-likeness (QED) is 0.675. The van der Waals surface area contributed by atoms with Gasteiger partial charge in [0.1, 0.15) is 0 Å². The maximum Gasteiger partial charge on any atom is 0.323 e. The largest absolute Gasteiger partial charge is 0.323 e. The topological polar surface area (TPSA) is 84.2 Å². The molecule has 0 saturated carbocycles. The number of nitrogens with one attached hydrogen (secondary N) is 2. The first-order chi connectivity index (χ1) is 11.4. The third-order valence-electron chi connectivity index (χ3n) is 3.25. The molecule has 7 nitrogen and oxygen atoms in total. The van der Waals surface area contributed by atoms with Crippen molar-refractivity contribution in [2.75, 3.05) is 10.6 Å². The summed E-state index contributed by atoms with van der Waals surface area (Å²) in [7, 11) is 0. The van der Waals surface area contributed by atoms with E-state index in [1.54, 1.807) is 35.2 Å². The van der Waals surface area contributed by atoms with E-state index < -0.39 is 6.03 Å². The highest BCUT2D eigenvalue weighted by Crippen LogP contribution is 2.25. The zero-order valence-electron chi connectivity index (χ0n) is 12.9. The average molecular weight is 410 g/mol. The second-order valence-corrected chi connectivity index (χ2v) is 6.72. The summed E-state index contributed by atoms with van der Waals surface area (Å²) in [6, 6.07) is 3.03. The predicted octanol–water partition coefficient (Wildman–Crippen LogP) is 4.31. The second-order valence-electron chi connectivity index (χ2n) is 5.42. The Labute approximate surface area is 151 Å². The molecule has 3 heterocycles. The van der Waals surface area contributed by atoms with Gasteiger partial charge in [-0.05, 0) is 27.9 Å². The van der Waals surface area contributed by atoms with Gasteiger partial charge in [0, 0.05) is 16.7 Å². The van der Waals surface area contributed by atoms with Gasteiger partial charge in [-0.2, -0.15) is 5.10 Å². The van der Waals surface area contributed by atoms with Crippen LogP contribution < -0.4 is 10.6 Å². The van der Waals surface area contributed by atoms with Gasteiger partial charge in [-0.3, -0.25) is 4.98 Å². The number of amides is 2. The number of rotatable bonds is 3. The fraction of sp³-hybridized carbons (Fsp3) is 0.200. The van der Waals surface area contributed by atoms with E-state index in [1.165, 1.54) is 0 Å². The molecule has 0 bridgehead atoms. The number of nitrogens with zero attached hydrogens (tertiary/aromatic N) is 4. The summed E-state index contributed by atoms with van der Waals surface area (Å²) in [4.78, 5) is 20.5. The number of halogens is 2. The Morgan fingerprint density at radius 2 is 2.04 bits per heavy atom. The second kappa shape index (κ2) is 6.74. The van der Waals surface area contributed by atoms with Crippen LogP contribution in [0.5, 0.6) is 0 Å². The van der Waals surface area contributed by atoms with Crippen LogP contribution >= 0.6 is 27.5 Å². The lowest BCUT2D eigenvalue weighted by molar-refractivity contribution is 0.262. The Bertz CT molecular complexity index is 910. The zero-order valence-corrected chi connectivity index (χ0v) is 15.3. The fourth-order valence-corrected chi connectivity index (χ4v) is 2.88. The van der Waals surface area contributed by atoms with Gasteiger partial charge >= 0.3 is 6.03 Å². The molecule has 0 aromatic carbocycles. The highest BCUT2D eigenvalue weighted by Gasteiger charge is 2.16. The fourth-order valence-electron chi connectivity index (χ4n) is 2.34. The monoisotopic (exact) mass is 408 g/mol. The number of urea groups is 1. The van der Waals surface area contributed by atoms with Gasteiger partial charge in [0.15, 0.2) is 10.8 Å². The smallest absolute Gasteiger partial charge is 0.306 e. The van der Waals surface area contributed by atoms with Crippen molar-refractivity contribution >= 4 is 50.6 Å². The van der Waals surface area contributed by atoms with Crippen LogP contribution in [0.4, 0.5) is 16.2 Å². The molecule has 0 radical (unpaired) electrons. The first kappa shape index (κ1) is 16.7. The van der Waals surface area contributed by atoms with Crippen LogP contribution in [-0.4, -0.2) is 25.6 Å². The number of hydrogen-bond donors (Lipinski definition) is 2. The number of carbonyl (C=O) groups excluding carboxylic acids is 1. The molecule has 0 atom stereocenters. The van der Waals surface area contributed by atoms with Crippen molar-refractivity contribution in [3.05, 3.63) is 46.0 Å². The highest BCUT2D eigenvalue weighted by atomic mass is 79.9. The van der Waals surface area contributed by atoms with Gasteiger partial charge in [-0.15, -0.1) is 0 Å². The SMILES string of the molecule is CC(C)c1c(NC(=O)Nc2cncc(Br)c2)cnc2cc(Cl)nn12. The Morgan fingerprint density at radius 1 is 1.25 bits per heavy atom. The van der Waals surface area contributed by atoms with Crippen molar-refractivity contribution in [2.45, 2.75) is 19.8 Å². The molecule has 0 aliphatic carbocycles. The maximum absolute atomic E-state index is 12.3. The van der Waals surface area contributed by atoms with E-state index in [0.29, 0.717) is 22.2 Å². The van der Waals surface area contributed by atoms with E-state index >= 15 is 0 Å². The number of pyridine rings is 1. The molecule has 24 heavy (non-hydrogen) atoms. The van der Waals surface area contributed by atoms with Crippen molar-refractivity contribution < 1.29 is 4.79 Å². The first-order valence-electron chi connectivity index (χ1n) is 7.17. The summed E-state index contributed by atoms with van der Waals surface area (Å²) >= 11 is 9.27. The minimum absolute atomic E-state index is 0.106. The molecule has 2 amide bonds. The maximum atomic E-state index is 12.3. The van der Waals surface area contributed by atoms with Gasteiger partial charge in [0.05, 0.1) is 29.5 Å². The van der Waals surface area contributed by atoms with Gasteiger partial charge in [0.2, 0.25) is 0 Å². The molecule has 0 saturated heterocycles. The van der Waals surface area contributed by atoms with Crippen LogP contribution in [-0.2, 0) is 0 Å². The third kappa shape index (κ3) is 3.49. The lowest BCUT2D eigenvalue weighted by atomic mass is 10.1. The third-order valence-corrected chi connectivity index (χ3v) is 3.87. The Hall–Kier alpha value is -2.19. The molecule has 3 aromatic heterocycles. The van der Waals surface area contributed by atoms with Gasteiger partial charge < -0.3 is 10.6 Å². The molecule has 0 fully saturated rings. The van der Waals surface area contributed by atoms with E-state index in [9.17, 15) is 4.79 Å². The predicted molar refractivity (Wildman–Crippen MR) is 96.7 cm³/mol. The van der Waals surface area contributed by atoms with E-state index in [0.717, 1.165) is 10.2 Å². The van der Waals surface area contributed by atoms with Crippen LogP contribution in [0.1, 0.15) is 25.5 Å². The number of hydrogen-bond acceptors (Lipinski definition) is 4. The molecular weight excluding hydrogens is 396 g/mol. The molecule has 124 valence electrons. The lowest BCUT2D eigenvalue weighted by Gasteiger charge is -2.15. The molecule has 0 aliphatic rings. The molecule has 2 N–H and O–H groups in total. The van der Waals surface area contributed by atoms with Crippen LogP contribution in [0.2, 0.25) is 5.15 Å². The van der Waals surface area contributed by atoms with Crippen molar-refractivity contribution in [1.29, 1.82) is 0 Å². The van der Waals surface area contributed by atoms with E-state index in [4.69, 9.17) is 11.6 Å². The standard InChI is InChI=1S/C15H14BrClN6O/c1-8(2)14-11(7-19-13-4-12(17)22-23(13)14)21-15(24)20-10-3-9(16)5-18-6-10/h3-8H,1-2H3,(H2,20,21,24). The van der Waals surface area contributed by atoms with Crippen molar-refractivity contribution in [3.8, 4) is 0 Å². The van der Waals surface area contributed by atoms with Gasteiger partial charge in [-0.1, -0.05) is 25.4 Å². The van der Waals surface area contributed by atoms with Gasteiger partial charge in [0.25, 0.3) is 0 Å². The molecular formula is C15H14BrClN6O. The molecule has 0 spiro atoms. The Kier molecular flexibility index (Phi) is 4.68. The molecule has 0 aliphatic heterocycles. The first-order valence-corrected chi connectivity index (χ1v) is 8.34. The summed E-state index contributed by atoms with van der Waals surface area (Å²) in [6.07, 6.45) is 4.79. The summed E-state index contributed by atoms with van der Waals surface area (Å²) < 4.78 is 2.42. The number of carbonyl (C=O) groups is 1. The number of fused-ring (bicyclic) bond motifs is 1. The average Bonchev–Trinajstić information content (AvgIpc) is 2.86. The van der Waals surface area contributed by atoms with Crippen LogP contribution in [0, 0.1) is 0 Å². The Balaban J connectivity index is 1.89. The molecule has 0 unspecified atom stereocenters. The minimum atomic E-state index is -0.392. The van der Waals surface area contributed by atoms with Crippen LogP contribution in [0.3, 0.4) is 0 Å². The minimum Gasteiger partial charge on any atom is -0.306 e. The summed E-state index contributed by atoms with van der Waals surface area (Å²) in [5.41, 5.74) is 2.59. The lowest BCUT2D eigenvalue weighted by Crippen LogP contribution is -2.21. The molecule has 9 heteroatoms.